The quantitative estimate of drug-likeness (QED) is 0.824. The third kappa shape index (κ3) is 2.86. The molecule has 2 heteroatoms. The molecule has 1 unspecified atom stereocenters. The fourth-order valence-electron chi connectivity index (χ4n) is 2.44. The first-order chi connectivity index (χ1) is 8.05. The highest BCUT2D eigenvalue weighted by Gasteiger charge is 2.44. The summed E-state index contributed by atoms with van der Waals surface area (Å²) in [5, 5.41) is 3.56. The van der Waals surface area contributed by atoms with E-state index in [0.717, 1.165) is 18.5 Å². The predicted octanol–water partition coefficient (Wildman–Crippen LogP) is 3.45. The number of rotatable bonds is 5. The van der Waals surface area contributed by atoms with Crippen molar-refractivity contribution in [1.29, 1.82) is 0 Å². The summed E-state index contributed by atoms with van der Waals surface area (Å²) >= 11 is 0. The first kappa shape index (κ1) is 12.6. The van der Waals surface area contributed by atoms with Crippen LogP contribution in [0.5, 0.6) is 0 Å². The summed E-state index contributed by atoms with van der Waals surface area (Å²) in [7, 11) is 0. The summed E-state index contributed by atoms with van der Waals surface area (Å²) in [5.41, 5.74) is 2.76. The van der Waals surface area contributed by atoms with E-state index in [1.807, 2.05) is 6.07 Å². The fraction of sp³-hybridized carbons (Fsp3) is 0.600. The van der Waals surface area contributed by atoms with Crippen LogP contribution < -0.4 is 5.32 Å². The van der Waals surface area contributed by atoms with E-state index in [1.165, 1.54) is 18.4 Å². The smallest absolute Gasteiger partial charge is 0.123 e. The van der Waals surface area contributed by atoms with Gasteiger partial charge in [0.15, 0.2) is 0 Å². The van der Waals surface area contributed by atoms with Gasteiger partial charge in [0.25, 0.3) is 0 Å². The lowest BCUT2D eigenvalue weighted by molar-refractivity contribution is 0.359. The first-order valence-electron chi connectivity index (χ1n) is 6.53. The zero-order valence-corrected chi connectivity index (χ0v) is 11.0. The highest BCUT2D eigenvalue weighted by Crippen LogP contribution is 2.49. The minimum Gasteiger partial charge on any atom is -0.313 e. The van der Waals surface area contributed by atoms with Crippen LogP contribution in [0, 0.1) is 18.2 Å². The van der Waals surface area contributed by atoms with E-state index in [-0.39, 0.29) is 5.82 Å². The van der Waals surface area contributed by atoms with Gasteiger partial charge < -0.3 is 5.32 Å². The third-order valence-corrected chi connectivity index (χ3v) is 4.07. The Hall–Kier alpha value is -0.890. The number of likely N-dealkylation sites (N-methyl/N-ethyl adjacent to an activating group) is 1. The molecule has 0 bridgehead atoms. The van der Waals surface area contributed by atoms with Crippen LogP contribution in [-0.4, -0.2) is 12.6 Å². The van der Waals surface area contributed by atoms with E-state index in [9.17, 15) is 4.39 Å². The molecule has 1 aromatic carbocycles. The van der Waals surface area contributed by atoms with Gasteiger partial charge in [0.05, 0.1) is 0 Å². The SMILES string of the molecule is CCNC(Cc1cc(F)ccc1C)C1(C)CC1. The summed E-state index contributed by atoms with van der Waals surface area (Å²) in [4.78, 5) is 0. The Balaban J connectivity index is 2.14. The highest BCUT2D eigenvalue weighted by atomic mass is 19.1. The number of aryl methyl sites for hydroxylation is 1. The maximum atomic E-state index is 13.3. The second-order valence-corrected chi connectivity index (χ2v) is 5.54. The van der Waals surface area contributed by atoms with Crippen LogP contribution >= 0.6 is 0 Å². The largest absolute Gasteiger partial charge is 0.313 e. The molecule has 1 aliphatic carbocycles. The summed E-state index contributed by atoms with van der Waals surface area (Å²) in [6.45, 7) is 7.51. The molecule has 0 aliphatic heterocycles. The van der Waals surface area contributed by atoms with Crippen molar-refractivity contribution in [3.63, 3.8) is 0 Å². The lowest BCUT2D eigenvalue weighted by atomic mass is 9.90. The van der Waals surface area contributed by atoms with Crippen molar-refractivity contribution in [2.75, 3.05) is 6.54 Å². The van der Waals surface area contributed by atoms with Crippen molar-refractivity contribution in [2.45, 2.75) is 46.1 Å². The Bertz CT molecular complexity index is 396. The number of benzene rings is 1. The van der Waals surface area contributed by atoms with Crippen molar-refractivity contribution in [3.8, 4) is 0 Å². The van der Waals surface area contributed by atoms with Gasteiger partial charge >= 0.3 is 0 Å². The Morgan fingerprint density at radius 2 is 2.12 bits per heavy atom. The van der Waals surface area contributed by atoms with Gasteiger partial charge in [-0.1, -0.05) is 19.9 Å². The van der Waals surface area contributed by atoms with Crippen molar-refractivity contribution < 1.29 is 4.39 Å². The van der Waals surface area contributed by atoms with Crippen molar-refractivity contribution >= 4 is 0 Å². The van der Waals surface area contributed by atoms with E-state index >= 15 is 0 Å². The van der Waals surface area contributed by atoms with E-state index in [2.05, 4.69) is 26.1 Å². The van der Waals surface area contributed by atoms with Crippen LogP contribution in [0.2, 0.25) is 0 Å². The van der Waals surface area contributed by atoms with Crippen molar-refractivity contribution in [2.24, 2.45) is 5.41 Å². The second-order valence-electron chi connectivity index (χ2n) is 5.54. The molecule has 0 aromatic heterocycles. The number of hydrogen-bond donors (Lipinski definition) is 1. The lowest BCUT2D eigenvalue weighted by Crippen LogP contribution is -2.38. The van der Waals surface area contributed by atoms with Gasteiger partial charge in [-0.2, -0.15) is 0 Å². The van der Waals surface area contributed by atoms with E-state index < -0.39 is 0 Å². The molecule has 2 rings (SSSR count). The van der Waals surface area contributed by atoms with Crippen LogP contribution in [0.4, 0.5) is 4.39 Å². The molecule has 0 amide bonds. The molecule has 1 N–H and O–H groups in total. The highest BCUT2D eigenvalue weighted by molar-refractivity contribution is 5.28. The summed E-state index contributed by atoms with van der Waals surface area (Å²) in [5.74, 6) is -0.123. The monoisotopic (exact) mass is 235 g/mol. The normalized spacial score (nSPS) is 19.1. The van der Waals surface area contributed by atoms with Gasteiger partial charge in [0.2, 0.25) is 0 Å². The van der Waals surface area contributed by atoms with Crippen LogP contribution in [0.1, 0.15) is 37.8 Å². The molecule has 0 saturated heterocycles. The molecule has 1 saturated carbocycles. The molecule has 17 heavy (non-hydrogen) atoms. The maximum absolute atomic E-state index is 13.3. The zero-order valence-electron chi connectivity index (χ0n) is 11.0. The van der Waals surface area contributed by atoms with Gasteiger partial charge in [0, 0.05) is 6.04 Å². The Morgan fingerprint density at radius 1 is 1.41 bits per heavy atom. The van der Waals surface area contributed by atoms with Crippen molar-refractivity contribution in [1.82, 2.24) is 5.32 Å². The molecule has 0 spiro atoms. The fourth-order valence-corrected chi connectivity index (χ4v) is 2.44. The predicted molar refractivity (Wildman–Crippen MR) is 69.6 cm³/mol. The number of nitrogens with one attached hydrogen (secondary N) is 1. The molecule has 0 heterocycles. The standard InChI is InChI=1S/C15H22FN/c1-4-17-14(15(3)7-8-15)10-12-9-13(16)6-5-11(12)2/h5-6,9,14,17H,4,7-8,10H2,1-3H3. The van der Waals surface area contributed by atoms with Gasteiger partial charge in [-0.05, 0) is 61.4 Å². The second kappa shape index (κ2) is 4.77. The first-order valence-corrected chi connectivity index (χ1v) is 6.53. The van der Waals surface area contributed by atoms with E-state index in [4.69, 9.17) is 0 Å². The van der Waals surface area contributed by atoms with Gasteiger partial charge in [-0.25, -0.2) is 4.39 Å². The molecule has 94 valence electrons. The lowest BCUT2D eigenvalue weighted by Gasteiger charge is -2.25. The van der Waals surface area contributed by atoms with Crippen molar-refractivity contribution in [3.05, 3.63) is 35.1 Å². The Kier molecular flexibility index (Phi) is 3.53. The minimum atomic E-state index is -0.123. The zero-order chi connectivity index (χ0) is 12.5. The van der Waals surface area contributed by atoms with Crippen LogP contribution in [0.15, 0.2) is 18.2 Å². The molecule has 1 aliphatic rings. The molecule has 1 atom stereocenters. The number of halogens is 1. The summed E-state index contributed by atoms with van der Waals surface area (Å²) < 4.78 is 13.3. The molecular weight excluding hydrogens is 213 g/mol. The van der Waals surface area contributed by atoms with Gasteiger partial charge in [0.1, 0.15) is 5.82 Å². The van der Waals surface area contributed by atoms with Gasteiger partial charge in [-0.3, -0.25) is 0 Å². The summed E-state index contributed by atoms with van der Waals surface area (Å²) in [6.07, 6.45) is 3.52. The minimum absolute atomic E-state index is 0.123. The topological polar surface area (TPSA) is 12.0 Å². The molecular formula is C15H22FN. The van der Waals surface area contributed by atoms with E-state index in [1.54, 1.807) is 12.1 Å². The molecule has 1 aromatic rings. The third-order valence-electron chi connectivity index (χ3n) is 4.07. The average Bonchev–Trinajstić information content (AvgIpc) is 3.02. The molecule has 1 fully saturated rings. The van der Waals surface area contributed by atoms with Crippen LogP contribution in [-0.2, 0) is 6.42 Å². The number of hydrogen-bond acceptors (Lipinski definition) is 1. The van der Waals surface area contributed by atoms with Gasteiger partial charge in [-0.15, -0.1) is 0 Å². The average molecular weight is 235 g/mol. The Labute approximate surface area is 103 Å². The van der Waals surface area contributed by atoms with E-state index in [0.29, 0.717) is 11.5 Å². The van der Waals surface area contributed by atoms with Crippen LogP contribution in [0.25, 0.3) is 0 Å². The molecule has 1 nitrogen and oxygen atoms in total. The summed E-state index contributed by atoms with van der Waals surface area (Å²) in [6, 6.07) is 5.59. The van der Waals surface area contributed by atoms with Crippen LogP contribution in [0.3, 0.4) is 0 Å². The maximum Gasteiger partial charge on any atom is 0.123 e. The molecule has 0 radical (unpaired) electrons. The Morgan fingerprint density at radius 3 is 2.71 bits per heavy atom.